The molecule has 0 spiro atoms. The standard InChI is InChI=1S/C19H18FNO3/c20-15-4-2-14(3-5-15)19(7-8-19)18(22)21-12-13-1-6-16-17(11-13)24-10-9-23-16/h1-6,11H,7-10,12H2,(H,21,22). The summed E-state index contributed by atoms with van der Waals surface area (Å²) in [7, 11) is 0. The highest BCUT2D eigenvalue weighted by Gasteiger charge is 2.51. The van der Waals surface area contributed by atoms with E-state index in [2.05, 4.69) is 5.32 Å². The van der Waals surface area contributed by atoms with Crippen LogP contribution in [0.5, 0.6) is 11.5 Å². The molecule has 0 saturated heterocycles. The summed E-state index contributed by atoms with van der Waals surface area (Å²) in [6.45, 7) is 1.53. The van der Waals surface area contributed by atoms with Crippen molar-refractivity contribution in [1.29, 1.82) is 0 Å². The Kier molecular flexibility index (Phi) is 3.63. The number of carbonyl (C=O) groups excluding carboxylic acids is 1. The molecule has 1 fully saturated rings. The third-order valence-corrected chi connectivity index (χ3v) is 4.64. The fraction of sp³-hybridized carbons (Fsp3) is 0.316. The topological polar surface area (TPSA) is 47.6 Å². The molecule has 2 aromatic rings. The quantitative estimate of drug-likeness (QED) is 0.939. The number of amides is 1. The van der Waals surface area contributed by atoms with Crippen LogP contribution in [0.1, 0.15) is 24.0 Å². The molecule has 2 aliphatic rings. The highest BCUT2D eigenvalue weighted by molar-refractivity contribution is 5.91. The average molecular weight is 327 g/mol. The van der Waals surface area contributed by atoms with Crippen molar-refractivity contribution in [1.82, 2.24) is 5.32 Å². The smallest absolute Gasteiger partial charge is 0.230 e. The van der Waals surface area contributed by atoms with E-state index in [4.69, 9.17) is 9.47 Å². The van der Waals surface area contributed by atoms with E-state index < -0.39 is 5.41 Å². The lowest BCUT2D eigenvalue weighted by molar-refractivity contribution is -0.123. The molecule has 5 heteroatoms. The molecule has 1 N–H and O–H groups in total. The molecule has 0 radical (unpaired) electrons. The first-order valence-electron chi connectivity index (χ1n) is 8.10. The van der Waals surface area contributed by atoms with Crippen molar-refractivity contribution in [3.8, 4) is 11.5 Å². The summed E-state index contributed by atoms with van der Waals surface area (Å²) in [6.07, 6.45) is 1.59. The average Bonchev–Trinajstić information content (AvgIpc) is 3.42. The van der Waals surface area contributed by atoms with Gasteiger partial charge in [-0.15, -0.1) is 0 Å². The Bertz CT molecular complexity index is 769. The molecule has 4 rings (SSSR count). The maximum absolute atomic E-state index is 13.1. The maximum Gasteiger partial charge on any atom is 0.230 e. The summed E-state index contributed by atoms with van der Waals surface area (Å²) in [5.41, 5.74) is 1.34. The first kappa shape index (κ1) is 15.0. The van der Waals surface area contributed by atoms with Gasteiger partial charge in [0.1, 0.15) is 19.0 Å². The Balaban J connectivity index is 1.44. The Morgan fingerprint density at radius 3 is 2.46 bits per heavy atom. The van der Waals surface area contributed by atoms with E-state index in [1.807, 2.05) is 18.2 Å². The lowest BCUT2D eigenvalue weighted by Gasteiger charge is -2.19. The molecule has 1 aliphatic carbocycles. The van der Waals surface area contributed by atoms with Gasteiger partial charge < -0.3 is 14.8 Å². The van der Waals surface area contributed by atoms with Crippen LogP contribution in [-0.4, -0.2) is 19.1 Å². The molecule has 1 heterocycles. The summed E-state index contributed by atoms with van der Waals surface area (Å²) in [5.74, 6) is 1.16. The molecule has 0 unspecified atom stereocenters. The predicted octanol–water partition coefficient (Wildman–Crippen LogP) is 2.94. The predicted molar refractivity (Wildman–Crippen MR) is 86.6 cm³/mol. The second-order valence-electron chi connectivity index (χ2n) is 6.25. The van der Waals surface area contributed by atoms with E-state index >= 15 is 0 Å². The molecular formula is C19H18FNO3. The van der Waals surface area contributed by atoms with Gasteiger partial charge in [-0.05, 0) is 48.2 Å². The minimum atomic E-state index is -0.498. The van der Waals surface area contributed by atoms with E-state index in [1.165, 1.54) is 12.1 Å². The second kappa shape index (κ2) is 5.82. The van der Waals surface area contributed by atoms with Gasteiger partial charge in [0, 0.05) is 6.54 Å². The van der Waals surface area contributed by atoms with Crippen LogP contribution < -0.4 is 14.8 Å². The minimum absolute atomic E-state index is 0.0102. The molecule has 1 aliphatic heterocycles. The molecule has 2 aromatic carbocycles. The Labute approximate surface area is 139 Å². The van der Waals surface area contributed by atoms with Crippen LogP contribution >= 0.6 is 0 Å². The van der Waals surface area contributed by atoms with Crippen LogP contribution in [0.3, 0.4) is 0 Å². The van der Waals surface area contributed by atoms with Crippen molar-refractivity contribution in [3.05, 3.63) is 59.4 Å². The number of carbonyl (C=O) groups is 1. The van der Waals surface area contributed by atoms with Crippen molar-refractivity contribution in [2.45, 2.75) is 24.8 Å². The van der Waals surface area contributed by atoms with Crippen LogP contribution in [0.15, 0.2) is 42.5 Å². The first-order chi connectivity index (χ1) is 11.7. The summed E-state index contributed by atoms with van der Waals surface area (Å²) in [4.78, 5) is 12.6. The largest absolute Gasteiger partial charge is 0.486 e. The van der Waals surface area contributed by atoms with Gasteiger partial charge in [-0.25, -0.2) is 4.39 Å². The third kappa shape index (κ3) is 2.70. The third-order valence-electron chi connectivity index (χ3n) is 4.64. The van der Waals surface area contributed by atoms with Gasteiger partial charge in [-0.1, -0.05) is 18.2 Å². The molecule has 0 atom stereocenters. The minimum Gasteiger partial charge on any atom is -0.486 e. The van der Waals surface area contributed by atoms with E-state index in [9.17, 15) is 9.18 Å². The monoisotopic (exact) mass is 327 g/mol. The SMILES string of the molecule is O=C(NCc1ccc2c(c1)OCCO2)C1(c2ccc(F)cc2)CC1. The summed E-state index contributed by atoms with van der Waals surface area (Å²) in [6, 6.07) is 11.9. The van der Waals surface area contributed by atoms with Gasteiger partial charge in [-0.2, -0.15) is 0 Å². The van der Waals surface area contributed by atoms with Gasteiger partial charge in [0.05, 0.1) is 5.41 Å². The Morgan fingerprint density at radius 2 is 1.75 bits per heavy atom. The fourth-order valence-electron chi connectivity index (χ4n) is 3.09. The van der Waals surface area contributed by atoms with Gasteiger partial charge >= 0.3 is 0 Å². The number of nitrogens with one attached hydrogen (secondary N) is 1. The van der Waals surface area contributed by atoms with Gasteiger partial charge in [0.2, 0.25) is 5.91 Å². The van der Waals surface area contributed by atoms with Gasteiger partial charge in [0.25, 0.3) is 0 Å². The van der Waals surface area contributed by atoms with Crippen LogP contribution in [0, 0.1) is 5.82 Å². The number of fused-ring (bicyclic) bond motifs is 1. The number of rotatable bonds is 4. The summed E-state index contributed by atoms with van der Waals surface area (Å²) < 4.78 is 24.1. The van der Waals surface area contributed by atoms with E-state index in [0.717, 1.165) is 29.7 Å². The highest BCUT2D eigenvalue weighted by Crippen LogP contribution is 2.48. The molecule has 0 bridgehead atoms. The summed E-state index contributed by atoms with van der Waals surface area (Å²) >= 11 is 0. The Morgan fingerprint density at radius 1 is 1.04 bits per heavy atom. The maximum atomic E-state index is 13.1. The van der Waals surface area contributed by atoms with Crippen LogP contribution in [0.4, 0.5) is 4.39 Å². The molecular weight excluding hydrogens is 309 g/mol. The van der Waals surface area contributed by atoms with Crippen LogP contribution in [0.25, 0.3) is 0 Å². The summed E-state index contributed by atoms with van der Waals surface area (Å²) in [5, 5.41) is 2.99. The number of hydrogen-bond acceptors (Lipinski definition) is 3. The molecule has 4 nitrogen and oxygen atoms in total. The zero-order valence-electron chi connectivity index (χ0n) is 13.2. The molecule has 1 amide bonds. The zero-order chi connectivity index (χ0) is 16.6. The lowest BCUT2D eigenvalue weighted by Crippen LogP contribution is -2.34. The lowest BCUT2D eigenvalue weighted by atomic mass is 9.95. The van der Waals surface area contributed by atoms with Gasteiger partial charge in [0.15, 0.2) is 11.5 Å². The highest BCUT2D eigenvalue weighted by atomic mass is 19.1. The van der Waals surface area contributed by atoms with Crippen molar-refractivity contribution in [2.75, 3.05) is 13.2 Å². The number of halogens is 1. The van der Waals surface area contributed by atoms with Crippen molar-refractivity contribution in [3.63, 3.8) is 0 Å². The first-order valence-corrected chi connectivity index (χ1v) is 8.10. The number of hydrogen-bond donors (Lipinski definition) is 1. The molecule has 124 valence electrons. The van der Waals surface area contributed by atoms with E-state index in [1.54, 1.807) is 12.1 Å². The van der Waals surface area contributed by atoms with E-state index in [-0.39, 0.29) is 11.7 Å². The molecule has 24 heavy (non-hydrogen) atoms. The van der Waals surface area contributed by atoms with Crippen LogP contribution in [0.2, 0.25) is 0 Å². The number of ether oxygens (including phenoxy) is 2. The number of benzene rings is 2. The van der Waals surface area contributed by atoms with Crippen molar-refractivity contribution < 1.29 is 18.7 Å². The zero-order valence-corrected chi connectivity index (χ0v) is 13.2. The van der Waals surface area contributed by atoms with Crippen molar-refractivity contribution in [2.24, 2.45) is 0 Å². The van der Waals surface area contributed by atoms with E-state index in [0.29, 0.717) is 25.5 Å². The normalized spacial score (nSPS) is 17.2. The fourth-order valence-corrected chi connectivity index (χ4v) is 3.09. The Hall–Kier alpha value is -2.56. The van der Waals surface area contributed by atoms with Crippen molar-refractivity contribution >= 4 is 5.91 Å². The molecule has 1 saturated carbocycles. The van der Waals surface area contributed by atoms with Crippen LogP contribution in [-0.2, 0) is 16.8 Å². The second-order valence-corrected chi connectivity index (χ2v) is 6.25. The molecule has 0 aromatic heterocycles. The van der Waals surface area contributed by atoms with Gasteiger partial charge in [-0.3, -0.25) is 4.79 Å².